The topological polar surface area (TPSA) is 36.9 Å². The highest BCUT2D eigenvalue weighted by atomic mass is 127. The predicted octanol–water partition coefficient (Wildman–Crippen LogP) is 4.30. The van der Waals surface area contributed by atoms with Gasteiger partial charge in [-0.25, -0.2) is 0 Å². The van der Waals surface area contributed by atoms with Crippen molar-refractivity contribution in [3.8, 4) is 34.1 Å². The second-order valence-corrected chi connectivity index (χ2v) is 5.98. The number of rotatable bonds is 5. The molecule has 0 unspecified atom stereocenters. The molecule has 0 fully saturated rings. The first-order valence-electron chi connectivity index (χ1n) is 6.70. The summed E-state index contributed by atoms with van der Waals surface area (Å²) in [6, 6.07) is 7.97. The van der Waals surface area contributed by atoms with Gasteiger partial charge in [0.05, 0.1) is 28.4 Å². The molecule has 0 heterocycles. The van der Waals surface area contributed by atoms with Gasteiger partial charge in [0.25, 0.3) is 0 Å². The molecule has 2 aromatic rings. The maximum absolute atomic E-state index is 5.57. The molecule has 0 atom stereocenters. The Bertz CT molecular complexity index is 623. The minimum Gasteiger partial charge on any atom is -0.493 e. The van der Waals surface area contributed by atoms with Crippen LogP contribution in [-0.2, 0) is 0 Å². The van der Waals surface area contributed by atoms with Crippen LogP contribution in [0.15, 0.2) is 24.3 Å². The molecule has 2 aromatic carbocycles. The van der Waals surface area contributed by atoms with Crippen LogP contribution in [-0.4, -0.2) is 28.4 Å². The normalized spacial score (nSPS) is 10.3. The fourth-order valence-electron chi connectivity index (χ4n) is 2.43. The highest BCUT2D eigenvalue weighted by Gasteiger charge is 2.19. The highest BCUT2D eigenvalue weighted by Crippen LogP contribution is 2.46. The summed E-state index contributed by atoms with van der Waals surface area (Å²) in [6.07, 6.45) is 0. The predicted molar refractivity (Wildman–Crippen MR) is 95.5 cm³/mol. The third-order valence-electron chi connectivity index (χ3n) is 3.36. The largest absolute Gasteiger partial charge is 0.493 e. The van der Waals surface area contributed by atoms with E-state index in [0.717, 1.165) is 20.3 Å². The van der Waals surface area contributed by atoms with Gasteiger partial charge in [-0.15, -0.1) is 0 Å². The Labute approximate surface area is 144 Å². The summed E-state index contributed by atoms with van der Waals surface area (Å²) in [5.41, 5.74) is 2.89. The zero-order chi connectivity index (χ0) is 16.3. The monoisotopic (exact) mass is 414 g/mol. The van der Waals surface area contributed by atoms with Gasteiger partial charge in [0.1, 0.15) is 0 Å². The maximum atomic E-state index is 5.57. The van der Waals surface area contributed by atoms with Gasteiger partial charge in [-0.2, -0.15) is 0 Å². The molecule has 0 saturated carbocycles. The van der Waals surface area contributed by atoms with Gasteiger partial charge in [0.15, 0.2) is 23.0 Å². The average Bonchev–Trinajstić information content (AvgIpc) is 2.52. The molecular weight excluding hydrogens is 395 g/mol. The molecule has 0 amide bonds. The molecule has 0 spiro atoms. The highest BCUT2D eigenvalue weighted by molar-refractivity contribution is 14.1. The number of hydrogen-bond donors (Lipinski definition) is 0. The van der Waals surface area contributed by atoms with E-state index in [2.05, 4.69) is 28.7 Å². The van der Waals surface area contributed by atoms with E-state index in [1.807, 2.05) is 25.1 Å². The Morgan fingerprint density at radius 1 is 0.682 bits per heavy atom. The molecule has 118 valence electrons. The lowest BCUT2D eigenvalue weighted by molar-refractivity contribution is 0.351. The third kappa shape index (κ3) is 3.09. The van der Waals surface area contributed by atoms with Crippen LogP contribution >= 0.6 is 22.6 Å². The van der Waals surface area contributed by atoms with Crippen LogP contribution in [0.2, 0.25) is 0 Å². The van der Waals surface area contributed by atoms with Crippen molar-refractivity contribution in [1.82, 2.24) is 0 Å². The summed E-state index contributed by atoms with van der Waals surface area (Å²) < 4.78 is 23.1. The summed E-state index contributed by atoms with van der Waals surface area (Å²) in [5.74, 6) is 2.73. The van der Waals surface area contributed by atoms with Crippen molar-refractivity contribution < 1.29 is 18.9 Å². The van der Waals surface area contributed by atoms with E-state index in [9.17, 15) is 0 Å². The summed E-state index contributed by atoms with van der Waals surface area (Å²) in [7, 11) is 6.53. The lowest BCUT2D eigenvalue weighted by atomic mass is 10.00. The summed E-state index contributed by atoms with van der Waals surface area (Å²) in [5, 5.41) is 0. The molecule has 0 bridgehead atoms. The molecule has 0 aliphatic rings. The lowest BCUT2D eigenvalue weighted by Gasteiger charge is -2.18. The average molecular weight is 414 g/mol. The van der Waals surface area contributed by atoms with Crippen molar-refractivity contribution in [2.24, 2.45) is 0 Å². The molecule has 2 rings (SSSR count). The number of aryl methyl sites for hydroxylation is 1. The van der Waals surface area contributed by atoms with E-state index in [1.165, 1.54) is 0 Å². The second-order valence-electron chi connectivity index (χ2n) is 4.74. The fraction of sp³-hybridized carbons (Fsp3) is 0.294. The van der Waals surface area contributed by atoms with Crippen molar-refractivity contribution >= 4 is 22.6 Å². The van der Waals surface area contributed by atoms with E-state index >= 15 is 0 Å². The van der Waals surface area contributed by atoms with Crippen molar-refractivity contribution in [3.63, 3.8) is 0 Å². The van der Waals surface area contributed by atoms with E-state index in [-0.39, 0.29) is 0 Å². The molecule has 0 saturated heterocycles. The van der Waals surface area contributed by atoms with Crippen LogP contribution in [0.25, 0.3) is 11.1 Å². The van der Waals surface area contributed by atoms with Crippen LogP contribution in [0, 0.1) is 10.5 Å². The molecule has 0 radical (unpaired) electrons. The Morgan fingerprint density at radius 3 is 1.68 bits per heavy atom. The molecule has 22 heavy (non-hydrogen) atoms. The molecule has 0 N–H and O–H groups in total. The Balaban J connectivity index is 2.81. The van der Waals surface area contributed by atoms with Crippen molar-refractivity contribution in [1.29, 1.82) is 0 Å². The van der Waals surface area contributed by atoms with E-state index < -0.39 is 0 Å². The lowest BCUT2D eigenvalue weighted by Crippen LogP contribution is -1.98. The quantitative estimate of drug-likeness (QED) is 0.684. The summed E-state index contributed by atoms with van der Waals surface area (Å²) in [6.45, 7) is 2.02. The van der Waals surface area contributed by atoms with Gasteiger partial charge in [-0.05, 0) is 59.3 Å². The molecule has 4 nitrogen and oxygen atoms in total. The maximum Gasteiger partial charge on any atom is 0.168 e. The second kappa shape index (κ2) is 7.09. The van der Waals surface area contributed by atoms with Crippen LogP contribution in [0.5, 0.6) is 23.0 Å². The van der Waals surface area contributed by atoms with E-state index in [0.29, 0.717) is 23.0 Å². The Kier molecular flexibility index (Phi) is 5.39. The first-order valence-corrected chi connectivity index (χ1v) is 7.78. The minimum atomic E-state index is 0.675. The van der Waals surface area contributed by atoms with Crippen LogP contribution < -0.4 is 18.9 Å². The summed E-state index contributed by atoms with van der Waals surface area (Å²) in [4.78, 5) is 0. The Hall–Kier alpha value is -1.63. The number of benzene rings is 2. The smallest absolute Gasteiger partial charge is 0.168 e. The zero-order valence-electron chi connectivity index (χ0n) is 13.3. The van der Waals surface area contributed by atoms with Crippen LogP contribution in [0.3, 0.4) is 0 Å². The molecule has 0 aliphatic carbocycles. The molecular formula is C17H19IO4. The van der Waals surface area contributed by atoms with Gasteiger partial charge in [-0.1, -0.05) is 0 Å². The fourth-order valence-corrected chi connectivity index (χ4v) is 3.03. The summed E-state index contributed by atoms with van der Waals surface area (Å²) >= 11 is 2.26. The standard InChI is InChI=1S/C17H19IO4/c1-10-6-12(16(21-4)14(7-10)19-2)13-8-11(18)9-15(20-3)17(13)22-5/h6-9H,1-5H3. The number of halogens is 1. The van der Waals surface area contributed by atoms with Gasteiger partial charge in [-0.3, -0.25) is 0 Å². The van der Waals surface area contributed by atoms with Gasteiger partial charge < -0.3 is 18.9 Å². The third-order valence-corrected chi connectivity index (χ3v) is 3.98. The van der Waals surface area contributed by atoms with Crippen molar-refractivity contribution in [3.05, 3.63) is 33.4 Å². The van der Waals surface area contributed by atoms with Crippen LogP contribution in [0.1, 0.15) is 5.56 Å². The molecule has 0 aromatic heterocycles. The number of ether oxygens (including phenoxy) is 4. The minimum absolute atomic E-state index is 0.675. The first-order chi connectivity index (χ1) is 10.5. The van der Waals surface area contributed by atoms with Gasteiger partial charge >= 0.3 is 0 Å². The molecule has 5 heteroatoms. The van der Waals surface area contributed by atoms with E-state index in [4.69, 9.17) is 18.9 Å². The zero-order valence-corrected chi connectivity index (χ0v) is 15.5. The SMILES string of the molecule is COc1cc(C)cc(-c2cc(I)cc(OC)c2OC)c1OC. The number of methoxy groups -OCH3 is 4. The van der Waals surface area contributed by atoms with Crippen LogP contribution in [0.4, 0.5) is 0 Å². The van der Waals surface area contributed by atoms with E-state index in [1.54, 1.807) is 28.4 Å². The van der Waals surface area contributed by atoms with Gasteiger partial charge in [0.2, 0.25) is 0 Å². The van der Waals surface area contributed by atoms with Crippen molar-refractivity contribution in [2.75, 3.05) is 28.4 Å². The molecule has 0 aliphatic heterocycles. The van der Waals surface area contributed by atoms with Crippen molar-refractivity contribution in [2.45, 2.75) is 6.92 Å². The Morgan fingerprint density at radius 2 is 1.18 bits per heavy atom. The van der Waals surface area contributed by atoms with Gasteiger partial charge in [0, 0.05) is 14.7 Å². The number of hydrogen-bond acceptors (Lipinski definition) is 4. The first kappa shape index (κ1) is 16.7.